The van der Waals surface area contributed by atoms with Gasteiger partial charge in [-0.2, -0.15) is 0 Å². The van der Waals surface area contributed by atoms with E-state index in [1.807, 2.05) is 24.3 Å². The first-order valence-corrected chi connectivity index (χ1v) is 10.5. The van der Waals surface area contributed by atoms with Gasteiger partial charge in [0.1, 0.15) is 16.6 Å². The van der Waals surface area contributed by atoms with E-state index in [4.69, 9.17) is 21.1 Å². The topological polar surface area (TPSA) is 80.8 Å². The third kappa shape index (κ3) is 4.90. The van der Waals surface area contributed by atoms with Gasteiger partial charge in [0.15, 0.2) is 0 Å². The molecule has 1 N–H and O–H groups in total. The summed E-state index contributed by atoms with van der Waals surface area (Å²) >= 11 is 6.43. The zero-order valence-electron chi connectivity index (χ0n) is 17.5. The van der Waals surface area contributed by atoms with E-state index in [1.165, 1.54) is 0 Å². The summed E-state index contributed by atoms with van der Waals surface area (Å²) in [5.41, 5.74) is 1.76. The molecule has 0 saturated carbocycles. The number of amides is 2. The minimum atomic E-state index is -0.381. The van der Waals surface area contributed by atoms with Crippen molar-refractivity contribution in [1.82, 2.24) is 15.2 Å². The number of methoxy groups -OCH3 is 1. The number of nitrogens with one attached hydrogen (secondary N) is 1. The molecule has 2 amide bonds. The van der Waals surface area contributed by atoms with Gasteiger partial charge in [0.2, 0.25) is 0 Å². The Labute approximate surface area is 190 Å². The van der Waals surface area contributed by atoms with Crippen molar-refractivity contribution >= 4 is 40.4 Å². The van der Waals surface area contributed by atoms with Crippen LogP contribution in [0.3, 0.4) is 0 Å². The van der Waals surface area contributed by atoms with Crippen LogP contribution in [-0.4, -0.2) is 55.1 Å². The number of hydrogen-bond donors (Lipinski definition) is 1. The number of morpholine rings is 1. The zero-order chi connectivity index (χ0) is 22.5. The average molecular weight is 452 g/mol. The Morgan fingerprint density at radius 2 is 1.88 bits per heavy atom. The normalized spacial score (nSPS) is 14.3. The van der Waals surface area contributed by atoms with Crippen molar-refractivity contribution in [3.8, 4) is 5.75 Å². The van der Waals surface area contributed by atoms with E-state index in [0.29, 0.717) is 48.7 Å². The lowest BCUT2D eigenvalue weighted by Gasteiger charge is -2.28. The molecule has 2 heterocycles. The lowest BCUT2D eigenvalue weighted by atomic mass is 10.1. The van der Waals surface area contributed by atoms with E-state index in [0.717, 1.165) is 5.39 Å². The van der Waals surface area contributed by atoms with Gasteiger partial charge in [0.25, 0.3) is 11.8 Å². The van der Waals surface area contributed by atoms with Crippen LogP contribution >= 0.6 is 11.6 Å². The number of hydrogen-bond acceptors (Lipinski definition) is 5. The fraction of sp³-hybridized carbons (Fsp3) is 0.208. The predicted octanol–water partition coefficient (Wildman–Crippen LogP) is 3.53. The van der Waals surface area contributed by atoms with Crippen LogP contribution in [0, 0.1) is 0 Å². The standard InChI is InChI=1S/C24H22ClN3O4/c1-31-19-8-7-17-13-18(22(25)26-20(17)15-19)14-21(24(30)28-9-11-32-12-10-28)27-23(29)16-5-3-2-4-6-16/h2-8,13-15H,9-12H2,1H3,(H,27,29)/b21-14-. The molecule has 4 rings (SSSR count). The van der Waals surface area contributed by atoms with Crippen molar-refractivity contribution in [3.63, 3.8) is 0 Å². The SMILES string of the molecule is COc1ccc2cc(/C=C(\NC(=O)c3ccccc3)C(=O)N3CCOCC3)c(Cl)nc2c1. The number of carbonyl (C=O) groups excluding carboxylic acids is 2. The van der Waals surface area contributed by atoms with Crippen molar-refractivity contribution in [3.05, 3.63) is 76.6 Å². The summed E-state index contributed by atoms with van der Waals surface area (Å²) in [5, 5.41) is 3.80. The highest BCUT2D eigenvalue weighted by atomic mass is 35.5. The Kier molecular flexibility index (Phi) is 6.68. The molecule has 0 spiro atoms. The average Bonchev–Trinajstić information content (AvgIpc) is 2.84. The van der Waals surface area contributed by atoms with Gasteiger partial charge >= 0.3 is 0 Å². The van der Waals surface area contributed by atoms with E-state index in [9.17, 15) is 9.59 Å². The number of nitrogens with zero attached hydrogens (tertiary/aromatic N) is 2. The molecule has 164 valence electrons. The highest BCUT2D eigenvalue weighted by Gasteiger charge is 2.23. The molecule has 2 aromatic carbocycles. The maximum absolute atomic E-state index is 13.2. The molecule has 8 heteroatoms. The molecule has 1 aliphatic rings. The number of benzene rings is 2. The Bertz CT molecular complexity index is 1170. The molecule has 32 heavy (non-hydrogen) atoms. The summed E-state index contributed by atoms with van der Waals surface area (Å²) in [5.74, 6) is -0.0146. The Balaban J connectivity index is 1.71. The van der Waals surface area contributed by atoms with E-state index in [2.05, 4.69) is 10.3 Å². The molecular weight excluding hydrogens is 430 g/mol. The summed E-state index contributed by atoms with van der Waals surface area (Å²) in [6.07, 6.45) is 1.57. The first kappa shape index (κ1) is 21.8. The van der Waals surface area contributed by atoms with Crippen LogP contribution in [0.5, 0.6) is 5.75 Å². The van der Waals surface area contributed by atoms with Crippen LogP contribution in [0.4, 0.5) is 0 Å². The highest BCUT2D eigenvalue weighted by Crippen LogP contribution is 2.26. The molecule has 0 unspecified atom stereocenters. The van der Waals surface area contributed by atoms with Crippen LogP contribution in [0.1, 0.15) is 15.9 Å². The molecule has 1 aliphatic heterocycles. The number of ether oxygens (including phenoxy) is 2. The Morgan fingerprint density at radius 1 is 1.12 bits per heavy atom. The molecule has 0 radical (unpaired) electrons. The molecule has 7 nitrogen and oxygen atoms in total. The third-order valence-corrected chi connectivity index (χ3v) is 5.42. The zero-order valence-corrected chi connectivity index (χ0v) is 18.3. The highest BCUT2D eigenvalue weighted by molar-refractivity contribution is 6.31. The van der Waals surface area contributed by atoms with E-state index in [1.54, 1.807) is 48.4 Å². The second-order valence-electron chi connectivity index (χ2n) is 7.21. The van der Waals surface area contributed by atoms with Crippen LogP contribution in [-0.2, 0) is 9.53 Å². The molecule has 0 aliphatic carbocycles. The maximum atomic E-state index is 13.2. The summed E-state index contributed by atoms with van der Waals surface area (Å²) < 4.78 is 10.6. The first-order chi connectivity index (χ1) is 15.5. The lowest BCUT2D eigenvalue weighted by molar-refractivity contribution is -0.131. The van der Waals surface area contributed by atoms with Crippen LogP contribution < -0.4 is 10.1 Å². The fourth-order valence-electron chi connectivity index (χ4n) is 3.40. The number of fused-ring (bicyclic) bond motifs is 1. The molecule has 1 saturated heterocycles. The van der Waals surface area contributed by atoms with Crippen LogP contribution in [0.25, 0.3) is 17.0 Å². The van der Waals surface area contributed by atoms with Crippen molar-refractivity contribution in [2.75, 3.05) is 33.4 Å². The summed E-state index contributed by atoms with van der Waals surface area (Å²) in [6.45, 7) is 1.79. The molecular formula is C24H22ClN3O4. The van der Waals surface area contributed by atoms with E-state index >= 15 is 0 Å². The van der Waals surface area contributed by atoms with Gasteiger partial charge in [-0.25, -0.2) is 4.98 Å². The smallest absolute Gasteiger partial charge is 0.270 e. The minimum absolute atomic E-state index is 0.123. The monoisotopic (exact) mass is 451 g/mol. The molecule has 1 fully saturated rings. The number of halogens is 1. The van der Waals surface area contributed by atoms with E-state index < -0.39 is 0 Å². The Hall–Kier alpha value is -3.42. The lowest BCUT2D eigenvalue weighted by Crippen LogP contribution is -2.44. The maximum Gasteiger partial charge on any atom is 0.270 e. The molecule has 3 aromatic rings. The fourth-order valence-corrected chi connectivity index (χ4v) is 3.60. The number of rotatable bonds is 5. The van der Waals surface area contributed by atoms with Crippen molar-refractivity contribution in [1.29, 1.82) is 0 Å². The van der Waals surface area contributed by atoms with Gasteiger partial charge in [-0.3, -0.25) is 9.59 Å². The molecule has 1 aromatic heterocycles. The van der Waals surface area contributed by atoms with Crippen LogP contribution in [0.15, 0.2) is 60.3 Å². The van der Waals surface area contributed by atoms with Gasteiger partial charge in [0.05, 0.1) is 25.8 Å². The van der Waals surface area contributed by atoms with Gasteiger partial charge in [-0.05, 0) is 36.4 Å². The van der Waals surface area contributed by atoms with Gasteiger partial charge < -0.3 is 19.7 Å². The second-order valence-corrected chi connectivity index (χ2v) is 7.57. The van der Waals surface area contributed by atoms with Gasteiger partial charge in [0, 0.05) is 35.7 Å². The molecule has 0 atom stereocenters. The number of pyridine rings is 1. The summed E-state index contributed by atoms with van der Waals surface area (Å²) in [7, 11) is 1.58. The summed E-state index contributed by atoms with van der Waals surface area (Å²) in [4.78, 5) is 32.1. The first-order valence-electron chi connectivity index (χ1n) is 10.1. The summed E-state index contributed by atoms with van der Waals surface area (Å²) in [6, 6.07) is 16.0. The second kappa shape index (κ2) is 9.80. The van der Waals surface area contributed by atoms with E-state index in [-0.39, 0.29) is 22.7 Å². The predicted molar refractivity (Wildman–Crippen MR) is 123 cm³/mol. The quantitative estimate of drug-likeness (QED) is 0.474. The van der Waals surface area contributed by atoms with Crippen molar-refractivity contribution in [2.45, 2.75) is 0 Å². The minimum Gasteiger partial charge on any atom is -0.497 e. The van der Waals surface area contributed by atoms with Crippen molar-refractivity contribution in [2.24, 2.45) is 0 Å². The number of carbonyl (C=O) groups is 2. The largest absolute Gasteiger partial charge is 0.497 e. The van der Waals surface area contributed by atoms with Gasteiger partial charge in [-0.1, -0.05) is 29.8 Å². The van der Waals surface area contributed by atoms with Gasteiger partial charge in [-0.15, -0.1) is 0 Å². The van der Waals surface area contributed by atoms with Crippen molar-refractivity contribution < 1.29 is 19.1 Å². The molecule has 0 bridgehead atoms. The Morgan fingerprint density at radius 3 is 2.59 bits per heavy atom. The van der Waals surface area contributed by atoms with Crippen LogP contribution in [0.2, 0.25) is 5.15 Å². The third-order valence-electron chi connectivity index (χ3n) is 5.12. The number of aromatic nitrogens is 1.